The molecule has 3 heteroatoms. The molecule has 0 N–H and O–H groups in total. The maximum atomic E-state index is 5.75. The smallest absolute Gasteiger partial charge is 0.119 e. The summed E-state index contributed by atoms with van der Waals surface area (Å²) in [6.45, 7) is 6.76. The van der Waals surface area contributed by atoms with Gasteiger partial charge in [0.05, 0.1) is 6.61 Å². The second kappa shape index (κ2) is 7.51. The first-order valence-electron chi connectivity index (χ1n) is 7.20. The average molecular weight is 263 g/mol. The van der Waals surface area contributed by atoms with Crippen LogP contribution in [0.5, 0.6) is 5.75 Å². The predicted molar refractivity (Wildman–Crippen MR) is 77.7 cm³/mol. The van der Waals surface area contributed by atoms with Crippen molar-refractivity contribution in [1.29, 1.82) is 0 Å². The highest BCUT2D eigenvalue weighted by molar-refractivity contribution is 5.26. The van der Waals surface area contributed by atoms with E-state index in [1.807, 2.05) is 12.1 Å². The molecule has 1 fully saturated rings. The maximum Gasteiger partial charge on any atom is 0.119 e. The summed E-state index contributed by atoms with van der Waals surface area (Å²) in [7, 11) is 2.16. The first-order valence-corrected chi connectivity index (χ1v) is 7.20. The molecule has 0 saturated carbocycles. The second-order valence-electron chi connectivity index (χ2n) is 5.51. The van der Waals surface area contributed by atoms with E-state index in [0.717, 1.165) is 38.7 Å². The number of rotatable bonds is 6. The van der Waals surface area contributed by atoms with Crippen LogP contribution >= 0.6 is 0 Å². The summed E-state index contributed by atoms with van der Waals surface area (Å²) in [4.78, 5) is 2.34. The van der Waals surface area contributed by atoms with Crippen LogP contribution in [0.2, 0.25) is 0 Å². The van der Waals surface area contributed by atoms with Crippen molar-refractivity contribution >= 4 is 0 Å². The van der Waals surface area contributed by atoms with E-state index in [-0.39, 0.29) is 0 Å². The Bertz CT molecular complexity index is 358. The van der Waals surface area contributed by atoms with Gasteiger partial charge >= 0.3 is 0 Å². The molecule has 1 aliphatic heterocycles. The summed E-state index contributed by atoms with van der Waals surface area (Å²) in [5, 5.41) is 0. The van der Waals surface area contributed by atoms with Gasteiger partial charge in [0.2, 0.25) is 0 Å². The molecule has 0 aliphatic carbocycles. The van der Waals surface area contributed by atoms with Gasteiger partial charge in [-0.1, -0.05) is 17.7 Å². The van der Waals surface area contributed by atoms with Crippen LogP contribution in [0.1, 0.15) is 18.4 Å². The summed E-state index contributed by atoms with van der Waals surface area (Å²) in [5.41, 5.74) is 1.27. The highest BCUT2D eigenvalue weighted by Gasteiger charge is 2.15. The van der Waals surface area contributed by atoms with E-state index in [2.05, 4.69) is 31.0 Å². The number of nitrogens with zero attached hydrogens (tertiary/aromatic N) is 1. The minimum Gasteiger partial charge on any atom is -0.492 e. The van der Waals surface area contributed by atoms with Crippen molar-refractivity contribution in [3.05, 3.63) is 29.8 Å². The Labute approximate surface area is 116 Å². The molecule has 0 bridgehead atoms. The van der Waals surface area contributed by atoms with Crippen LogP contribution < -0.4 is 4.74 Å². The first kappa shape index (κ1) is 14.4. The Morgan fingerprint density at radius 3 is 2.79 bits per heavy atom. The van der Waals surface area contributed by atoms with Crippen molar-refractivity contribution in [3.63, 3.8) is 0 Å². The molecule has 1 atom stereocenters. The molecule has 1 aromatic carbocycles. The summed E-state index contributed by atoms with van der Waals surface area (Å²) in [6.07, 6.45) is 2.50. The Morgan fingerprint density at radius 1 is 1.32 bits per heavy atom. The molecule has 0 aromatic heterocycles. The van der Waals surface area contributed by atoms with Crippen LogP contribution in [-0.4, -0.2) is 44.9 Å². The third kappa shape index (κ3) is 5.21. The number of hydrogen-bond acceptors (Lipinski definition) is 3. The molecule has 0 spiro atoms. The van der Waals surface area contributed by atoms with Crippen LogP contribution in [0.15, 0.2) is 24.3 Å². The van der Waals surface area contributed by atoms with Gasteiger partial charge in [0.1, 0.15) is 12.4 Å². The van der Waals surface area contributed by atoms with Gasteiger partial charge in [0, 0.05) is 19.7 Å². The summed E-state index contributed by atoms with van der Waals surface area (Å²) in [5.74, 6) is 1.65. The Hall–Kier alpha value is -1.06. The SMILES string of the molecule is Cc1ccc(OCCN(C)C[C@H]2CCCOC2)cc1. The lowest BCUT2D eigenvalue weighted by molar-refractivity contribution is 0.0405. The highest BCUT2D eigenvalue weighted by atomic mass is 16.5. The van der Waals surface area contributed by atoms with Crippen molar-refractivity contribution in [2.75, 3.05) is 40.0 Å². The van der Waals surface area contributed by atoms with Gasteiger partial charge in [0.15, 0.2) is 0 Å². The molecule has 1 heterocycles. The van der Waals surface area contributed by atoms with Crippen molar-refractivity contribution < 1.29 is 9.47 Å². The Balaban J connectivity index is 1.63. The molecule has 2 rings (SSSR count). The predicted octanol–water partition coefficient (Wildman–Crippen LogP) is 2.73. The molecule has 19 heavy (non-hydrogen) atoms. The Kier molecular flexibility index (Phi) is 5.67. The number of benzene rings is 1. The molecule has 1 saturated heterocycles. The van der Waals surface area contributed by atoms with Gasteiger partial charge in [-0.2, -0.15) is 0 Å². The van der Waals surface area contributed by atoms with Crippen LogP contribution in [0.3, 0.4) is 0 Å². The lowest BCUT2D eigenvalue weighted by Gasteiger charge is -2.27. The van der Waals surface area contributed by atoms with Gasteiger partial charge < -0.3 is 14.4 Å². The van der Waals surface area contributed by atoms with Crippen molar-refractivity contribution in [2.45, 2.75) is 19.8 Å². The molecule has 0 amide bonds. The van der Waals surface area contributed by atoms with Crippen molar-refractivity contribution in [1.82, 2.24) is 4.90 Å². The van der Waals surface area contributed by atoms with Crippen molar-refractivity contribution in [3.8, 4) is 5.75 Å². The molecule has 1 aromatic rings. The van der Waals surface area contributed by atoms with Crippen LogP contribution in [0, 0.1) is 12.8 Å². The van der Waals surface area contributed by atoms with Crippen LogP contribution in [0.4, 0.5) is 0 Å². The standard InChI is InChI=1S/C16H25NO2/c1-14-5-7-16(8-6-14)19-11-9-17(2)12-15-4-3-10-18-13-15/h5-8,15H,3-4,9-13H2,1-2H3/t15-/m1/s1. The highest BCUT2D eigenvalue weighted by Crippen LogP contribution is 2.14. The lowest BCUT2D eigenvalue weighted by Crippen LogP contribution is -2.33. The maximum absolute atomic E-state index is 5.75. The number of hydrogen-bond donors (Lipinski definition) is 0. The van der Waals surface area contributed by atoms with E-state index >= 15 is 0 Å². The van der Waals surface area contributed by atoms with E-state index in [0.29, 0.717) is 5.92 Å². The summed E-state index contributed by atoms with van der Waals surface area (Å²) >= 11 is 0. The topological polar surface area (TPSA) is 21.7 Å². The zero-order chi connectivity index (χ0) is 13.5. The van der Waals surface area contributed by atoms with E-state index < -0.39 is 0 Å². The quantitative estimate of drug-likeness (QED) is 0.787. The largest absolute Gasteiger partial charge is 0.492 e. The molecule has 106 valence electrons. The minimum atomic E-state index is 0.693. The van der Waals surface area contributed by atoms with Gasteiger partial charge in [-0.05, 0) is 44.9 Å². The molecular weight excluding hydrogens is 238 g/mol. The van der Waals surface area contributed by atoms with Gasteiger partial charge in [-0.25, -0.2) is 0 Å². The van der Waals surface area contributed by atoms with Gasteiger partial charge in [-0.3, -0.25) is 0 Å². The molecule has 0 unspecified atom stereocenters. The number of aryl methyl sites for hydroxylation is 1. The second-order valence-corrected chi connectivity index (χ2v) is 5.51. The zero-order valence-corrected chi connectivity index (χ0v) is 12.1. The fourth-order valence-corrected chi connectivity index (χ4v) is 2.44. The normalized spacial score (nSPS) is 19.6. The van der Waals surface area contributed by atoms with Crippen molar-refractivity contribution in [2.24, 2.45) is 5.92 Å². The lowest BCUT2D eigenvalue weighted by atomic mass is 10.0. The third-order valence-corrected chi connectivity index (χ3v) is 3.59. The zero-order valence-electron chi connectivity index (χ0n) is 12.1. The molecule has 3 nitrogen and oxygen atoms in total. The molecule has 0 radical (unpaired) electrons. The fourth-order valence-electron chi connectivity index (χ4n) is 2.44. The van der Waals surface area contributed by atoms with Crippen LogP contribution in [-0.2, 0) is 4.74 Å². The van der Waals surface area contributed by atoms with E-state index in [1.54, 1.807) is 0 Å². The number of ether oxygens (including phenoxy) is 2. The summed E-state index contributed by atoms with van der Waals surface area (Å²) in [6, 6.07) is 8.23. The molecule has 1 aliphatic rings. The summed E-state index contributed by atoms with van der Waals surface area (Å²) < 4.78 is 11.3. The fraction of sp³-hybridized carbons (Fsp3) is 0.625. The third-order valence-electron chi connectivity index (χ3n) is 3.59. The average Bonchev–Trinajstić information content (AvgIpc) is 2.42. The first-order chi connectivity index (χ1) is 9.24. The van der Waals surface area contributed by atoms with Gasteiger partial charge in [-0.15, -0.1) is 0 Å². The van der Waals surface area contributed by atoms with E-state index in [9.17, 15) is 0 Å². The van der Waals surface area contributed by atoms with E-state index in [4.69, 9.17) is 9.47 Å². The minimum absolute atomic E-state index is 0.693. The molecular formula is C16H25NO2. The number of likely N-dealkylation sites (N-methyl/N-ethyl adjacent to an activating group) is 1. The monoisotopic (exact) mass is 263 g/mol. The van der Waals surface area contributed by atoms with Crippen LogP contribution in [0.25, 0.3) is 0 Å². The van der Waals surface area contributed by atoms with E-state index in [1.165, 1.54) is 18.4 Å². The Morgan fingerprint density at radius 2 is 2.11 bits per heavy atom. The van der Waals surface area contributed by atoms with Gasteiger partial charge in [0.25, 0.3) is 0 Å².